The molecular weight excluding hydrogens is 350 g/mol. The number of hydrogen-bond acceptors (Lipinski definition) is 3. The fourth-order valence-electron chi connectivity index (χ4n) is 3.15. The molecule has 0 atom stereocenters. The maximum Gasteiger partial charge on any atom is 0.279 e. The number of nitrogens with zero attached hydrogens (tertiary/aromatic N) is 1. The van der Waals surface area contributed by atoms with Crippen LogP contribution in [0.5, 0.6) is 0 Å². The summed E-state index contributed by atoms with van der Waals surface area (Å²) in [5, 5.41) is 3.65. The number of ketones is 1. The zero-order valence-corrected chi connectivity index (χ0v) is 15.6. The molecule has 0 aliphatic carbocycles. The lowest BCUT2D eigenvalue weighted by atomic mass is 10.1. The fourth-order valence-corrected chi connectivity index (χ4v) is 3.34. The zero-order valence-electron chi connectivity index (χ0n) is 14.8. The third kappa shape index (κ3) is 4.84. The third-order valence-corrected chi connectivity index (χ3v) is 4.86. The molecule has 1 heterocycles. The molecule has 0 aromatic heterocycles. The van der Waals surface area contributed by atoms with Gasteiger partial charge in [0.2, 0.25) is 0 Å². The van der Waals surface area contributed by atoms with Gasteiger partial charge >= 0.3 is 0 Å². The third-order valence-electron chi connectivity index (χ3n) is 4.63. The SMILES string of the molecule is CC(=O)c1ccc(NC(=O)C[NH+]2CCN(c3cccc(Cl)c3)CC2)cc1. The largest absolute Gasteiger partial charge is 0.360 e. The Bertz CT molecular complexity index is 784. The first kappa shape index (κ1) is 18.4. The molecule has 1 amide bonds. The van der Waals surface area contributed by atoms with Gasteiger partial charge in [-0.05, 0) is 49.4 Å². The molecule has 0 spiro atoms. The van der Waals surface area contributed by atoms with E-state index in [1.165, 1.54) is 11.8 Å². The molecule has 3 rings (SSSR count). The van der Waals surface area contributed by atoms with Crippen molar-refractivity contribution in [3.8, 4) is 0 Å². The van der Waals surface area contributed by atoms with Crippen LogP contribution in [0, 0.1) is 0 Å². The highest BCUT2D eigenvalue weighted by atomic mass is 35.5. The molecule has 5 nitrogen and oxygen atoms in total. The minimum Gasteiger partial charge on any atom is -0.360 e. The molecule has 136 valence electrons. The first-order valence-corrected chi connectivity index (χ1v) is 9.14. The van der Waals surface area contributed by atoms with Crippen LogP contribution in [0.2, 0.25) is 5.02 Å². The molecule has 0 saturated carbocycles. The highest BCUT2D eigenvalue weighted by Crippen LogP contribution is 2.19. The van der Waals surface area contributed by atoms with Gasteiger partial charge in [-0.2, -0.15) is 0 Å². The summed E-state index contributed by atoms with van der Waals surface area (Å²) in [6.45, 7) is 5.58. The van der Waals surface area contributed by atoms with E-state index in [2.05, 4.69) is 16.3 Å². The van der Waals surface area contributed by atoms with Crippen LogP contribution < -0.4 is 15.1 Å². The van der Waals surface area contributed by atoms with Crippen molar-refractivity contribution in [2.24, 2.45) is 0 Å². The van der Waals surface area contributed by atoms with E-state index in [-0.39, 0.29) is 11.7 Å². The molecule has 2 aromatic carbocycles. The van der Waals surface area contributed by atoms with Gasteiger partial charge in [0.05, 0.1) is 26.2 Å². The Morgan fingerprint density at radius 3 is 2.42 bits per heavy atom. The van der Waals surface area contributed by atoms with Gasteiger partial charge in [-0.3, -0.25) is 9.59 Å². The predicted molar refractivity (Wildman–Crippen MR) is 104 cm³/mol. The van der Waals surface area contributed by atoms with E-state index in [4.69, 9.17) is 11.6 Å². The second-order valence-electron chi connectivity index (χ2n) is 6.58. The highest BCUT2D eigenvalue weighted by Gasteiger charge is 2.22. The van der Waals surface area contributed by atoms with Gasteiger partial charge in [-0.1, -0.05) is 17.7 Å². The van der Waals surface area contributed by atoms with Crippen molar-refractivity contribution >= 4 is 34.7 Å². The summed E-state index contributed by atoms with van der Waals surface area (Å²) in [5.41, 5.74) is 2.49. The molecule has 1 aliphatic heterocycles. The molecule has 1 aliphatic rings. The van der Waals surface area contributed by atoms with Crippen LogP contribution in [0.15, 0.2) is 48.5 Å². The number of hydrogen-bond donors (Lipinski definition) is 2. The number of rotatable bonds is 5. The molecule has 1 fully saturated rings. The standard InChI is InChI=1S/C20H22ClN3O2/c1-15(25)16-5-7-18(8-6-16)22-20(26)14-23-9-11-24(12-10-23)19-4-2-3-17(21)13-19/h2-8,13H,9-12,14H2,1H3,(H,22,26)/p+1. The Balaban J connectivity index is 1.48. The number of benzene rings is 2. The normalized spacial score (nSPS) is 14.9. The maximum absolute atomic E-state index is 12.3. The van der Waals surface area contributed by atoms with Crippen LogP contribution >= 0.6 is 11.6 Å². The molecule has 1 saturated heterocycles. The van der Waals surface area contributed by atoms with E-state index in [0.717, 1.165) is 42.6 Å². The molecule has 0 bridgehead atoms. The number of amides is 1. The van der Waals surface area contributed by atoms with Crippen LogP contribution in [-0.4, -0.2) is 44.4 Å². The summed E-state index contributed by atoms with van der Waals surface area (Å²) in [5.74, 6) is 0.0108. The maximum atomic E-state index is 12.3. The van der Waals surface area contributed by atoms with Crippen molar-refractivity contribution < 1.29 is 14.5 Å². The number of halogens is 1. The summed E-state index contributed by atoms with van der Waals surface area (Å²) >= 11 is 6.06. The van der Waals surface area contributed by atoms with Crippen molar-refractivity contribution in [1.82, 2.24) is 0 Å². The molecule has 2 aromatic rings. The van der Waals surface area contributed by atoms with Gasteiger partial charge in [-0.25, -0.2) is 0 Å². The Morgan fingerprint density at radius 2 is 1.81 bits per heavy atom. The van der Waals surface area contributed by atoms with Gasteiger partial charge in [-0.15, -0.1) is 0 Å². The summed E-state index contributed by atoms with van der Waals surface area (Å²) in [7, 11) is 0. The second-order valence-corrected chi connectivity index (χ2v) is 7.01. The smallest absolute Gasteiger partial charge is 0.279 e. The summed E-state index contributed by atoms with van der Waals surface area (Å²) in [4.78, 5) is 27.1. The number of carbonyl (C=O) groups excluding carboxylic acids is 2. The van der Waals surface area contributed by atoms with Crippen LogP contribution in [0.25, 0.3) is 0 Å². The number of Topliss-reactive ketones (excluding diaryl/α,β-unsaturated/α-hetero) is 1. The lowest BCUT2D eigenvalue weighted by Crippen LogP contribution is -3.15. The van der Waals surface area contributed by atoms with E-state index in [0.29, 0.717) is 12.1 Å². The minimum atomic E-state index is -0.00761. The summed E-state index contributed by atoms with van der Waals surface area (Å²) in [6.07, 6.45) is 0. The van der Waals surface area contributed by atoms with Gasteiger partial charge in [0, 0.05) is 22.0 Å². The van der Waals surface area contributed by atoms with Gasteiger partial charge in [0.25, 0.3) is 5.91 Å². The van der Waals surface area contributed by atoms with Gasteiger partial charge in [0.1, 0.15) is 0 Å². The first-order chi connectivity index (χ1) is 12.5. The monoisotopic (exact) mass is 372 g/mol. The molecular formula is C20H23ClN3O2+. The Labute approximate surface area is 158 Å². The number of piperazine rings is 1. The van der Waals surface area contributed by atoms with Gasteiger partial charge < -0.3 is 15.1 Å². The molecule has 6 heteroatoms. The van der Waals surface area contributed by atoms with E-state index in [1.54, 1.807) is 24.3 Å². The highest BCUT2D eigenvalue weighted by molar-refractivity contribution is 6.30. The summed E-state index contributed by atoms with van der Waals surface area (Å²) < 4.78 is 0. The lowest BCUT2D eigenvalue weighted by Gasteiger charge is -2.33. The number of carbonyl (C=O) groups is 2. The average molecular weight is 373 g/mol. The average Bonchev–Trinajstić information content (AvgIpc) is 2.62. The van der Waals surface area contributed by atoms with Crippen LogP contribution in [0.1, 0.15) is 17.3 Å². The lowest BCUT2D eigenvalue weighted by molar-refractivity contribution is -0.892. The Hall–Kier alpha value is -2.37. The summed E-state index contributed by atoms with van der Waals surface area (Å²) in [6, 6.07) is 14.9. The molecule has 2 N–H and O–H groups in total. The molecule has 0 radical (unpaired) electrons. The fraction of sp³-hybridized carbons (Fsp3) is 0.300. The number of quaternary nitrogens is 1. The topological polar surface area (TPSA) is 53.9 Å². The van der Waals surface area contributed by atoms with Crippen LogP contribution in [-0.2, 0) is 4.79 Å². The van der Waals surface area contributed by atoms with Gasteiger partial charge in [0.15, 0.2) is 12.3 Å². The van der Waals surface area contributed by atoms with Crippen molar-refractivity contribution in [3.63, 3.8) is 0 Å². The van der Waals surface area contributed by atoms with Crippen molar-refractivity contribution in [3.05, 3.63) is 59.1 Å². The number of anilines is 2. The number of nitrogens with one attached hydrogen (secondary N) is 2. The van der Waals surface area contributed by atoms with Crippen molar-refractivity contribution in [1.29, 1.82) is 0 Å². The van der Waals surface area contributed by atoms with E-state index in [1.807, 2.05) is 18.2 Å². The van der Waals surface area contributed by atoms with Crippen molar-refractivity contribution in [2.75, 3.05) is 42.9 Å². The van der Waals surface area contributed by atoms with E-state index >= 15 is 0 Å². The quantitative estimate of drug-likeness (QED) is 0.788. The zero-order chi connectivity index (χ0) is 18.5. The van der Waals surface area contributed by atoms with E-state index < -0.39 is 0 Å². The molecule has 0 unspecified atom stereocenters. The predicted octanol–water partition coefficient (Wildman–Crippen LogP) is 1.89. The first-order valence-electron chi connectivity index (χ1n) is 8.76. The van der Waals surface area contributed by atoms with Crippen LogP contribution in [0.3, 0.4) is 0 Å². The van der Waals surface area contributed by atoms with Crippen molar-refractivity contribution in [2.45, 2.75) is 6.92 Å². The minimum absolute atomic E-state index is 0.00761. The molecule has 26 heavy (non-hydrogen) atoms. The van der Waals surface area contributed by atoms with E-state index in [9.17, 15) is 9.59 Å². The van der Waals surface area contributed by atoms with Crippen LogP contribution in [0.4, 0.5) is 11.4 Å². The second kappa shape index (κ2) is 8.34. The Kier molecular flexibility index (Phi) is 5.91. The Morgan fingerprint density at radius 1 is 1.12 bits per heavy atom.